The van der Waals surface area contributed by atoms with Crippen molar-refractivity contribution >= 4 is 6.08 Å². The fourth-order valence-corrected chi connectivity index (χ4v) is 0.753. The summed E-state index contributed by atoms with van der Waals surface area (Å²) in [6.07, 6.45) is 6.24. The van der Waals surface area contributed by atoms with Gasteiger partial charge in [0, 0.05) is 12.8 Å². The van der Waals surface area contributed by atoms with E-state index in [0.29, 0.717) is 6.42 Å². The average molecular weight is 149 g/mol. The smallest absolute Gasteiger partial charge is 0.0626 e. The topological polar surface area (TPSA) is 33.1 Å². The summed E-state index contributed by atoms with van der Waals surface area (Å²) < 4.78 is 0. The highest BCUT2D eigenvalue weighted by Crippen LogP contribution is 1.96. The van der Waals surface area contributed by atoms with Crippen molar-refractivity contribution in [3.63, 3.8) is 0 Å². The second kappa shape index (κ2) is 4.63. The molecular weight excluding hydrogens is 138 g/mol. The Balaban J connectivity index is 2.50. The average Bonchev–Trinajstić information content (AvgIpc) is 2.07. The van der Waals surface area contributed by atoms with Gasteiger partial charge in [0.1, 0.15) is 0 Å². The van der Waals surface area contributed by atoms with E-state index in [0.717, 1.165) is 5.69 Å². The largest absolute Gasteiger partial charge is 0.396 e. The Morgan fingerprint density at radius 2 is 2.36 bits per heavy atom. The minimum Gasteiger partial charge on any atom is -0.396 e. The van der Waals surface area contributed by atoms with Crippen molar-refractivity contribution in [3.8, 4) is 0 Å². The van der Waals surface area contributed by atoms with Crippen LogP contribution in [0.25, 0.3) is 6.08 Å². The molecule has 1 N–H and O–H groups in total. The summed E-state index contributed by atoms with van der Waals surface area (Å²) in [5, 5.41) is 8.47. The van der Waals surface area contributed by atoms with E-state index in [1.807, 2.05) is 30.4 Å². The number of aliphatic hydroxyl groups is 1. The van der Waals surface area contributed by atoms with Crippen LogP contribution in [0.5, 0.6) is 0 Å². The second-order valence-electron chi connectivity index (χ2n) is 2.17. The van der Waals surface area contributed by atoms with E-state index in [1.165, 1.54) is 0 Å². The van der Waals surface area contributed by atoms with Gasteiger partial charge in [0.05, 0.1) is 5.69 Å². The molecular formula is C9H11NO. The van der Waals surface area contributed by atoms with Gasteiger partial charge in [0.15, 0.2) is 0 Å². The first kappa shape index (κ1) is 7.95. The van der Waals surface area contributed by atoms with Gasteiger partial charge < -0.3 is 5.11 Å². The number of aromatic nitrogens is 1. The number of hydrogen-bond acceptors (Lipinski definition) is 2. The molecule has 1 aromatic rings. The lowest BCUT2D eigenvalue weighted by Crippen LogP contribution is -1.78. The molecule has 0 fully saturated rings. The predicted molar refractivity (Wildman–Crippen MR) is 45.0 cm³/mol. The molecule has 2 heteroatoms. The third-order valence-corrected chi connectivity index (χ3v) is 1.27. The highest BCUT2D eigenvalue weighted by atomic mass is 16.2. The Labute approximate surface area is 66.2 Å². The van der Waals surface area contributed by atoms with Crippen molar-refractivity contribution < 1.29 is 5.11 Å². The monoisotopic (exact) mass is 149 g/mol. The first-order valence-electron chi connectivity index (χ1n) is 3.62. The molecule has 0 saturated heterocycles. The molecule has 0 saturated carbocycles. The van der Waals surface area contributed by atoms with E-state index in [2.05, 4.69) is 4.98 Å². The molecule has 0 aromatic carbocycles. The highest BCUT2D eigenvalue weighted by molar-refractivity contribution is 5.43. The Morgan fingerprint density at radius 3 is 3.00 bits per heavy atom. The molecule has 0 spiro atoms. The van der Waals surface area contributed by atoms with Gasteiger partial charge in [-0.25, -0.2) is 0 Å². The zero-order valence-electron chi connectivity index (χ0n) is 6.27. The molecule has 0 aliphatic carbocycles. The quantitative estimate of drug-likeness (QED) is 0.706. The molecule has 0 aliphatic rings. The van der Waals surface area contributed by atoms with Crippen LogP contribution in [0.15, 0.2) is 30.5 Å². The van der Waals surface area contributed by atoms with Crippen molar-refractivity contribution in [1.29, 1.82) is 0 Å². The third-order valence-electron chi connectivity index (χ3n) is 1.27. The van der Waals surface area contributed by atoms with Gasteiger partial charge in [-0.15, -0.1) is 0 Å². The highest BCUT2D eigenvalue weighted by Gasteiger charge is 1.82. The van der Waals surface area contributed by atoms with E-state index in [-0.39, 0.29) is 6.61 Å². The lowest BCUT2D eigenvalue weighted by molar-refractivity contribution is 0.303. The Bertz CT molecular complexity index is 218. The molecule has 2 nitrogen and oxygen atoms in total. The first-order chi connectivity index (χ1) is 5.43. The third kappa shape index (κ3) is 2.96. The molecule has 0 aliphatic heterocycles. The van der Waals surface area contributed by atoms with Crippen molar-refractivity contribution in [2.24, 2.45) is 0 Å². The SMILES string of the molecule is OCC/C=C\c1ccccn1. The summed E-state index contributed by atoms with van der Waals surface area (Å²) in [6.45, 7) is 0.198. The minimum absolute atomic E-state index is 0.198. The molecule has 0 amide bonds. The van der Waals surface area contributed by atoms with Gasteiger partial charge in [-0.1, -0.05) is 12.1 Å². The summed E-state index contributed by atoms with van der Waals surface area (Å²) in [5.74, 6) is 0. The normalized spacial score (nSPS) is 10.6. The maximum atomic E-state index is 8.47. The maximum absolute atomic E-state index is 8.47. The van der Waals surface area contributed by atoms with Crippen molar-refractivity contribution in [3.05, 3.63) is 36.2 Å². The Hall–Kier alpha value is -1.15. The Kier molecular flexibility index (Phi) is 3.35. The maximum Gasteiger partial charge on any atom is 0.0626 e. The summed E-state index contributed by atoms with van der Waals surface area (Å²) in [6, 6.07) is 5.74. The van der Waals surface area contributed by atoms with Gasteiger partial charge in [-0.2, -0.15) is 0 Å². The predicted octanol–water partition coefficient (Wildman–Crippen LogP) is 1.48. The molecule has 1 heterocycles. The lowest BCUT2D eigenvalue weighted by Gasteiger charge is -1.88. The number of pyridine rings is 1. The van der Waals surface area contributed by atoms with E-state index >= 15 is 0 Å². The molecule has 1 aromatic heterocycles. The van der Waals surface area contributed by atoms with Crippen molar-refractivity contribution in [2.75, 3.05) is 6.61 Å². The number of rotatable bonds is 3. The van der Waals surface area contributed by atoms with Crippen LogP contribution in [0.4, 0.5) is 0 Å². The van der Waals surface area contributed by atoms with Crippen LogP contribution in [-0.4, -0.2) is 16.7 Å². The van der Waals surface area contributed by atoms with Crippen molar-refractivity contribution in [1.82, 2.24) is 4.98 Å². The van der Waals surface area contributed by atoms with Crippen molar-refractivity contribution in [2.45, 2.75) is 6.42 Å². The van der Waals surface area contributed by atoms with Crippen LogP contribution in [0, 0.1) is 0 Å². The molecule has 0 atom stereocenters. The summed E-state index contributed by atoms with van der Waals surface area (Å²) in [7, 11) is 0. The summed E-state index contributed by atoms with van der Waals surface area (Å²) in [4.78, 5) is 4.08. The van der Waals surface area contributed by atoms with Gasteiger partial charge in [0.2, 0.25) is 0 Å². The molecule has 0 radical (unpaired) electrons. The van der Waals surface area contributed by atoms with Gasteiger partial charge in [-0.3, -0.25) is 4.98 Å². The van der Waals surface area contributed by atoms with Gasteiger partial charge in [0.25, 0.3) is 0 Å². The molecule has 58 valence electrons. The number of hydrogen-bond donors (Lipinski definition) is 1. The van der Waals surface area contributed by atoms with Gasteiger partial charge >= 0.3 is 0 Å². The first-order valence-corrected chi connectivity index (χ1v) is 3.62. The zero-order valence-corrected chi connectivity index (χ0v) is 6.27. The standard InChI is InChI=1S/C9H11NO/c11-8-4-2-6-9-5-1-3-7-10-9/h1-3,5-7,11H,4,8H2/b6-2-. The summed E-state index contributed by atoms with van der Waals surface area (Å²) in [5.41, 5.74) is 0.931. The second-order valence-corrected chi connectivity index (χ2v) is 2.17. The van der Waals surface area contributed by atoms with E-state index in [9.17, 15) is 0 Å². The molecule has 1 rings (SSSR count). The van der Waals surface area contributed by atoms with Crippen LogP contribution in [0.1, 0.15) is 12.1 Å². The fraction of sp³-hybridized carbons (Fsp3) is 0.222. The fourth-order valence-electron chi connectivity index (χ4n) is 0.753. The Morgan fingerprint density at radius 1 is 1.45 bits per heavy atom. The molecule has 0 unspecified atom stereocenters. The van der Waals surface area contributed by atoms with Crippen LogP contribution in [0.3, 0.4) is 0 Å². The van der Waals surface area contributed by atoms with Crippen LogP contribution in [0.2, 0.25) is 0 Å². The molecule has 0 bridgehead atoms. The van der Waals surface area contributed by atoms with E-state index in [4.69, 9.17) is 5.11 Å². The van der Waals surface area contributed by atoms with Gasteiger partial charge in [-0.05, 0) is 24.6 Å². The van der Waals surface area contributed by atoms with Crippen LogP contribution < -0.4 is 0 Å². The van der Waals surface area contributed by atoms with Crippen LogP contribution in [-0.2, 0) is 0 Å². The molecule has 11 heavy (non-hydrogen) atoms. The van der Waals surface area contributed by atoms with E-state index in [1.54, 1.807) is 6.20 Å². The van der Waals surface area contributed by atoms with E-state index < -0.39 is 0 Å². The lowest BCUT2D eigenvalue weighted by atomic mass is 10.3. The summed E-state index contributed by atoms with van der Waals surface area (Å²) >= 11 is 0. The number of aliphatic hydroxyl groups excluding tert-OH is 1. The minimum atomic E-state index is 0.198. The zero-order chi connectivity index (χ0) is 7.94. The number of nitrogens with zero attached hydrogens (tertiary/aromatic N) is 1. The van der Waals surface area contributed by atoms with Crippen LogP contribution >= 0.6 is 0 Å².